The third-order valence-electron chi connectivity index (χ3n) is 10.9. The van der Waals surface area contributed by atoms with E-state index in [-0.39, 0.29) is 31.1 Å². The van der Waals surface area contributed by atoms with Crippen molar-refractivity contribution in [3.05, 3.63) is 0 Å². The van der Waals surface area contributed by atoms with Gasteiger partial charge in [0.25, 0.3) is 0 Å². The summed E-state index contributed by atoms with van der Waals surface area (Å²) in [5.41, 5.74) is 0. The molecule has 0 spiro atoms. The van der Waals surface area contributed by atoms with Crippen LogP contribution in [0.4, 0.5) is 0 Å². The van der Waals surface area contributed by atoms with Crippen LogP contribution in [-0.2, 0) is 28.6 Å². The fourth-order valence-corrected chi connectivity index (χ4v) is 7.23. The number of carbonyl (C=O) groups is 3. The van der Waals surface area contributed by atoms with Gasteiger partial charge in [0.1, 0.15) is 13.2 Å². The minimum absolute atomic E-state index is 0.0663. The zero-order valence-corrected chi connectivity index (χ0v) is 37.7. The van der Waals surface area contributed by atoms with Gasteiger partial charge in [0, 0.05) is 19.3 Å². The van der Waals surface area contributed by atoms with E-state index in [1.54, 1.807) is 0 Å². The van der Waals surface area contributed by atoms with E-state index >= 15 is 0 Å². The Bertz CT molecular complexity index is 852. The van der Waals surface area contributed by atoms with E-state index in [0.717, 1.165) is 75.5 Å². The molecule has 326 valence electrons. The molecule has 55 heavy (non-hydrogen) atoms. The number of hydrogen-bond donors (Lipinski definition) is 0. The van der Waals surface area contributed by atoms with E-state index in [4.69, 9.17) is 14.2 Å². The van der Waals surface area contributed by atoms with Crippen LogP contribution in [-0.4, -0.2) is 37.2 Å². The molecule has 0 unspecified atom stereocenters. The molecule has 0 saturated carbocycles. The minimum Gasteiger partial charge on any atom is -0.462 e. The first-order valence-electron chi connectivity index (χ1n) is 24.1. The van der Waals surface area contributed by atoms with Crippen molar-refractivity contribution in [2.45, 2.75) is 266 Å². The van der Waals surface area contributed by atoms with Crippen LogP contribution in [0.25, 0.3) is 0 Å². The van der Waals surface area contributed by atoms with Gasteiger partial charge in [-0.05, 0) is 37.0 Å². The van der Waals surface area contributed by atoms with E-state index in [9.17, 15) is 14.4 Å². The van der Waals surface area contributed by atoms with Crippen LogP contribution in [0, 0.1) is 17.8 Å². The maximum Gasteiger partial charge on any atom is 0.306 e. The average Bonchev–Trinajstić information content (AvgIpc) is 3.13. The van der Waals surface area contributed by atoms with Crippen LogP contribution in [0.3, 0.4) is 0 Å². The Morgan fingerprint density at radius 2 is 0.527 bits per heavy atom. The summed E-state index contributed by atoms with van der Waals surface area (Å²) in [5.74, 6) is 1.55. The molecular formula is C49H94O6. The summed E-state index contributed by atoms with van der Waals surface area (Å²) in [6.07, 6.45) is 38.2. The van der Waals surface area contributed by atoms with Gasteiger partial charge in [-0.15, -0.1) is 0 Å². The maximum atomic E-state index is 12.7. The molecule has 0 amide bonds. The summed E-state index contributed by atoms with van der Waals surface area (Å²) >= 11 is 0. The molecule has 0 fully saturated rings. The Labute approximate surface area is 342 Å². The highest BCUT2D eigenvalue weighted by Crippen LogP contribution is 2.17. The van der Waals surface area contributed by atoms with E-state index in [0.29, 0.717) is 19.3 Å². The third kappa shape index (κ3) is 43.4. The molecule has 0 aliphatic heterocycles. The summed E-state index contributed by atoms with van der Waals surface area (Å²) in [6, 6.07) is 0. The van der Waals surface area contributed by atoms with Crippen molar-refractivity contribution in [2.75, 3.05) is 13.2 Å². The summed E-state index contributed by atoms with van der Waals surface area (Å²) < 4.78 is 16.7. The van der Waals surface area contributed by atoms with Gasteiger partial charge in [-0.25, -0.2) is 0 Å². The fourth-order valence-electron chi connectivity index (χ4n) is 7.23. The van der Waals surface area contributed by atoms with Gasteiger partial charge in [-0.2, -0.15) is 0 Å². The zero-order chi connectivity index (χ0) is 40.6. The molecule has 0 aliphatic carbocycles. The Hall–Kier alpha value is -1.59. The SMILES string of the molecule is CC(C)CCCCCCCCCCCCCCCC(=O)O[C@H](COC(=O)CCCCCCCCCCCC(C)C)COC(=O)CCCCCCCCC(C)C. The fraction of sp³-hybridized carbons (Fsp3) is 0.939. The van der Waals surface area contributed by atoms with Crippen LogP contribution < -0.4 is 0 Å². The quantitative estimate of drug-likeness (QED) is 0.0349. The molecule has 0 N–H and O–H groups in total. The van der Waals surface area contributed by atoms with E-state index in [2.05, 4.69) is 41.5 Å². The van der Waals surface area contributed by atoms with E-state index < -0.39 is 6.10 Å². The average molecular weight is 779 g/mol. The normalized spacial score (nSPS) is 12.2. The monoisotopic (exact) mass is 779 g/mol. The first-order chi connectivity index (χ1) is 26.6. The molecule has 0 bridgehead atoms. The number of unbranched alkanes of at least 4 members (excludes halogenated alkanes) is 25. The van der Waals surface area contributed by atoms with Crippen molar-refractivity contribution in [1.82, 2.24) is 0 Å². The second-order valence-electron chi connectivity index (χ2n) is 18.2. The van der Waals surface area contributed by atoms with Gasteiger partial charge < -0.3 is 14.2 Å². The van der Waals surface area contributed by atoms with Crippen molar-refractivity contribution in [2.24, 2.45) is 17.8 Å². The molecule has 0 radical (unpaired) electrons. The highest BCUT2D eigenvalue weighted by Gasteiger charge is 2.19. The lowest BCUT2D eigenvalue weighted by atomic mass is 10.0. The van der Waals surface area contributed by atoms with E-state index in [1.165, 1.54) is 141 Å². The molecule has 0 saturated heterocycles. The highest BCUT2D eigenvalue weighted by atomic mass is 16.6. The Kier molecular flexibility index (Phi) is 39.4. The lowest BCUT2D eigenvalue weighted by molar-refractivity contribution is -0.167. The smallest absolute Gasteiger partial charge is 0.306 e. The standard InChI is InChI=1S/C49H94O6/c1-43(2)35-29-23-17-13-10-8-7-9-11-15-20-28-34-40-49(52)55-46(42-54-48(51)39-33-27-22-21-25-31-37-45(5)6)41-53-47(50)38-32-26-19-16-12-14-18-24-30-36-44(3)4/h43-46H,7-42H2,1-6H3/t46-/m1/s1. The Balaban J connectivity index is 4.30. The molecule has 0 aromatic rings. The molecule has 6 nitrogen and oxygen atoms in total. The Morgan fingerprint density at radius 1 is 0.309 bits per heavy atom. The maximum absolute atomic E-state index is 12.7. The van der Waals surface area contributed by atoms with E-state index in [1.807, 2.05) is 0 Å². The van der Waals surface area contributed by atoms with Crippen molar-refractivity contribution in [1.29, 1.82) is 0 Å². The number of esters is 3. The predicted octanol–water partition coefficient (Wildman–Crippen LogP) is 15.2. The van der Waals surface area contributed by atoms with Crippen molar-refractivity contribution >= 4 is 17.9 Å². The van der Waals surface area contributed by atoms with Crippen LogP contribution >= 0.6 is 0 Å². The van der Waals surface area contributed by atoms with Gasteiger partial charge >= 0.3 is 17.9 Å². The molecular weight excluding hydrogens is 685 g/mol. The Morgan fingerprint density at radius 3 is 0.782 bits per heavy atom. The van der Waals surface area contributed by atoms with Crippen molar-refractivity contribution in [3.63, 3.8) is 0 Å². The molecule has 0 aromatic carbocycles. The van der Waals surface area contributed by atoms with Gasteiger partial charge in [-0.1, -0.05) is 221 Å². The van der Waals surface area contributed by atoms with Crippen LogP contribution in [0.2, 0.25) is 0 Å². The molecule has 0 aliphatic rings. The van der Waals surface area contributed by atoms with Crippen LogP contribution in [0.1, 0.15) is 260 Å². The second-order valence-corrected chi connectivity index (χ2v) is 18.2. The highest BCUT2D eigenvalue weighted by molar-refractivity contribution is 5.71. The van der Waals surface area contributed by atoms with Crippen LogP contribution in [0.15, 0.2) is 0 Å². The van der Waals surface area contributed by atoms with Gasteiger partial charge in [-0.3, -0.25) is 14.4 Å². The predicted molar refractivity (Wildman–Crippen MR) is 233 cm³/mol. The molecule has 1 atom stereocenters. The van der Waals surface area contributed by atoms with Gasteiger partial charge in [0.15, 0.2) is 6.10 Å². The number of carbonyl (C=O) groups excluding carboxylic acids is 3. The number of hydrogen-bond acceptors (Lipinski definition) is 6. The number of rotatable bonds is 42. The van der Waals surface area contributed by atoms with Gasteiger partial charge in [0.2, 0.25) is 0 Å². The molecule has 0 rings (SSSR count). The lowest BCUT2D eigenvalue weighted by Gasteiger charge is -2.18. The zero-order valence-electron chi connectivity index (χ0n) is 37.7. The molecule has 0 heterocycles. The molecule has 6 heteroatoms. The van der Waals surface area contributed by atoms with Crippen molar-refractivity contribution in [3.8, 4) is 0 Å². The lowest BCUT2D eigenvalue weighted by Crippen LogP contribution is -2.30. The summed E-state index contributed by atoms with van der Waals surface area (Å²) in [4.78, 5) is 37.8. The van der Waals surface area contributed by atoms with Gasteiger partial charge in [0.05, 0.1) is 0 Å². The summed E-state index contributed by atoms with van der Waals surface area (Å²) in [5, 5.41) is 0. The minimum atomic E-state index is -0.762. The van der Waals surface area contributed by atoms with Crippen LogP contribution in [0.5, 0.6) is 0 Å². The van der Waals surface area contributed by atoms with Crippen molar-refractivity contribution < 1.29 is 28.6 Å². The first kappa shape index (κ1) is 53.4. The first-order valence-corrected chi connectivity index (χ1v) is 24.1. The third-order valence-corrected chi connectivity index (χ3v) is 10.9. The summed E-state index contributed by atoms with van der Waals surface area (Å²) in [7, 11) is 0. The second kappa shape index (κ2) is 40.6. The number of ether oxygens (including phenoxy) is 3. The largest absolute Gasteiger partial charge is 0.462 e. The molecule has 0 aromatic heterocycles. The summed E-state index contributed by atoms with van der Waals surface area (Å²) in [6.45, 7) is 13.6. The topological polar surface area (TPSA) is 78.9 Å².